The van der Waals surface area contributed by atoms with Crippen LogP contribution in [-0.4, -0.2) is 36.9 Å². The summed E-state index contributed by atoms with van der Waals surface area (Å²) in [5.41, 5.74) is 0. The lowest BCUT2D eigenvalue weighted by Gasteiger charge is -2.26. The van der Waals surface area contributed by atoms with Crippen molar-refractivity contribution < 1.29 is 4.74 Å². The monoisotopic (exact) mass is 156 g/mol. The highest BCUT2D eigenvalue weighted by molar-refractivity contribution is 4.89. The van der Waals surface area contributed by atoms with Gasteiger partial charge in [0.25, 0.3) is 0 Å². The first-order valence-electron chi connectivity index (χ1n) is 3.95. The van der Waals surface area contributed by atoms with E-state index >= 15 is 0 Å². The predicted octanol–water partition coefficient (Wildman–Crippen LogP) is 1.04. The molecule has 1 unspecified atom stereocenters. The number of ether oxygens (including phenoxy) is 1. The number of hydrogen-bond donors (Lipinski definition) is 0. The van der Waals surface area contributed by atoms with Crippen molar-refractivity contribution in [2.75, 3.05) is 20.8 Å². The lowest BCUT2D eigenvalue weighted by molar-refractivity contribution is -0.0136. The molecule has 3 heteroatoms. The molecule has 0 aromatic rings. The van der Waals surface area contributed by atoms with Gasteiger partial charge in [-0.3, -0.25) is 0 Å². The average molecular weight is 156 g/mol. The van der Waals surface area contributed by atoms with E-state index < -0.39 is 0 Å². The summed E-state index contributed by atoms with van der Waals surface area (Å²) in [5.74, 6) is 0. The molecule has 1 heterocycles. The molecular weight excluding hydrogens is 140 g/mol. The Balaban J connectivity index is 2.42. The second kappa shape index (κ2) is 3.62. The summed E-state index contributed by atoms with van der Waals surface area (Å²) in [6.07, 6.45) is 5.38. The van der Waals surface area contributed by atoms with Crippen LogP contribution in [0, 0.1) is 0 Å². The topological polar surface area (TPSA) is 15.7 Å². The van der Waals surface area contributed by atoms with Gasteiger partial charge in [0.1, 0.15) is 6.23 Å². The Morgan fingerprint density at radius 1 is 1.55 bits per heavy atom. The normalized spacial score (nSPS) is 19.5. The van der Waals surface area contributed by atoms with Gasteiger partial charge in [-0.2, -0.15) is 0 Å². The van der Waals surface area contributed by atoms with Crippen molar-refractivity contribution >= 4 is 0 Å². The van der Waals surface area contributed by atoms with E-state index in [0.29, 0.717) is 0 Å². The van der Waals surface area contributed by atoms with Crippen molar-refractivity contribution in [3.8, 4) is 0 Å². The molecule has 1 aliphatic rings. The number of methoxy groups -OCH3 is 1. The number of nitrogens with zero attached hydrogens (tertiary/aromatic N) is 2. The number of hydrogen-bond acceptors (Lipinski definition) is 3. The van der Waals surface area contributed by atoms with Crippen LogP contribution in [0.25, 0.3) is 0 Å². The summed E-state index contributed by atoms with van der Waals surface area (Å²) in [5, 5.41) is 0. The van der Waals surface area contributed by atoms with Gasteiger partial charge in [-0.15, -0.1) is 0 Å². The van der Waals surface area contributed by atoms with E-state index in [0.717, 1.165) is 13.1 Å². The molecule has 0 amide bonds. The third-order valence-corrected chi connectivity index (χ3v) is 1.89. The average Bonchev–Trinajstić information content (AvgIpc) is 2.39. The highest BCUT2D eigenvalue weighted by atomic mass is 16.5. The summed E-state index contributed by atoms with van der Waals surface area (Å²) in [7, 11) is 3.80. The van der Waals surface area contributed by atoms with Crippen molar-refractivity contribution in [1.29, 1.82) is 0 Å². The molecule has 1 atom stereocenters. The van der Waals surface area contributed by atoms with Gasteiger partial charge in [-0.25, -0.2) is 0 Å². The molecule has 3 nitrogen and oxygen atoms in total. The van der Waals surface area contributed by atoms with Crippen LogP contribution in [0.1, 0.15) is 13.3 Å². The lowest BCUT2D eigenvalue weighted by Crippen LogP contribution is -2.33. The molecule has 0 fully saturated rings. The van der Waals surface area contributed by atoms with E-state index in [1.54, 1.807) is 7.11 Å². The first kappa shape index (κ1) is 8.40. The van der Waals surface area contributed by atoms with Crippen LogP contribution in [-0.2, 0) is 4.74 Å². The quantitative estimate of drug-likeness (QED) is 0.607. The summed E-state index contributed by atoms with van der Waals surface area (Å²) >= 11 is 0. The molecule has 0 saturated carbocycles. The maximum atomic E-state index is 5.28. The van der Waals surface area contributed by atoms with Gasteiger partial charge >= 0.3 is 0 Å². The van der Waals surface area contributed by atoms with E-state index in [1.807, 2.05) is 0 Å². The molecule has 1 rings (SSSR count). The molecule has 0 spiro atoms. The van der Waals surface area contributed by atoms with Gasteiger partial charge < -0.3 is 14.5 Å². The van der Waals surface area contributed by atoms with Crippen LogP contribution in [0.5, 0.6) is 0 Å². The summed E-state index contributed by atoms with van der Waals surface area (Å²) < 4.78 is 5.28. The van der Waals surface area contributed by atoms with E-state index in [4.69, 9.17) is 4.74 Å². The van der Waals surface area contributed by atoms with E-state index in [1.165, 1.54) is 0 Å². The van der Waals surface area contributed by atoms with Gasteiger partial charge in [0.05, 0.1) is 6.67 Å². The highest BCUT2D eigenvalue weighted by Gasteiger charge is 2.16. The fourth-order valence-corrected chi connectivity index (χ4v) is 1.27. The first-order chi connectivity index (χ1) is 5.27. The summed E-state index contributed by atoms with van der Waals surface area (Å²) in [6.45, 7) is 3.06. The Labute approximate surface area is 68.2 Å². The smallest absolute Gasteiger partial charge is 0.130 e. The molecule has 0 radical (unpaired) electrons. The van der Waals surface area contributed by atoms with Gasteiger partial charge in [-0.05, 0) is 6.42 Å². The van der Waals surface area contributed by atoms with Gasteiger partial charge in [0, 0.05) is 26.6 Å². The minimum Gasteiger partial charge on any atom is -0.362 e. The SMILES string of the molecule is CCC(OC)N1C=CN(C)C1. The molecular formula is C8H16N2O. The van der Waals surface area contributed by atoms with Gasteiger partial charge in [-0.1, -0.05) is 6.92 Å². The molecule has 0 saturated heterocycles. The summed E-state index contributed by atoms with van der Waals surface area (Å²) in [4.78, 5) is 4.31. The minimum atomic E-state index is 0.233. The van der Waals surface area contributed by atoms with Crippen molar-refractivity contribution in [3.63, 3.8) is 0 Å². The molecule has 0 N–H and O–H groups in total. The van der Waals surface area contributed by atoms with Crippen LogP contribution >= 0.6 is 0 Å². The van der Waals surface area contributed by atoms with Crippen molar-refractivity contribution in [3.05, 3.63) is 12.4 Å². The standard InChI is InChI=1S/C8H16N2O/c1-4-8(11-3)10-6-5-9(2)7-10/h5-6,8H,4,7H2,1-3H3. The third-order valence-electron chi connectivity index (χ3n) is 1.89. The molecule has 1 aliphatic heterocycles. The molecule has 0 bridgehead atoms. The Morgan fingerprint density at radius 2 is 2.27 bits per heavy atom. The first-order valence-corrected chi connectivity index (χ1v) is 3.95. The van der Waals surface area contributed by atoms with Crippen LogP contribution in [0.15, 0.2) is 12.4 Å². The molecule has 0 aliphatic carbocycles. The summed E-state index contributed by atoms with van der Waals surface area (Å²) in [6, 6.07) is 0. The van der Waals surface area contributed by atoms with Crippen molar-refractivity contribution in [2.24, 2.45) is 0 Å². The second-order valence-electron chi connectivity index (χ2n) is 2.81. The zero-order chi connectivity index (χ0) is 8.27. The van der Waals surface area contributed by atoms with E-state index in [2.05, 4.69) is 36.2 Å². The second-order valence-corrected chi connectivity index (χ2v) is 2.81. The Bertz CT molecular complexity index is 143. The Hall–Kier alpha value is -0.700. The van der Waals surface area contributed by atoms with Gasteiger partial charge in [0.2, 0.25) is 0 Å². The van der Waals surface area contributed by atoms with E-state index in [-0.39, 0.29) is 6.23 Å². The third kappa shape index (κ3) is 1.87. The number of rotatable bonds is 3. The zero-order valence-corrected chi connectivity index (χ0v) is 7.45. The predicted molar refractivity (Wildman–Crippen MR) is 44.7 cm³/mol. The largest absolute Gasteiger partial charge is 0.362 e. The van der Waals surface area contributed by atoms with Crippen molar-refractivity contribution in [1.82, 2.24) is 9.80 Å². The molecule has 11 heavy (non-hydrogen) atoms. The van der Waals surface area contributed by atoms with E-state index in [9.17, 15) is 0 Å². The maximum absolute atomic E-state index is 5.28. The van der Waals surface area contributed by atoms with Crippen LogP contribution in [0.3, 0.4) is 0 Å². The molecule has 64 valence electrons. The minimum absolute atomic E-state index is 0.233. The van der Waals surface area contributed by atoms with Crippen LogP contribution < -0.4 is 0 Å². The van der Waals surface area contributed by atoms with Crippen LogP contribution in [0.2, 0.25) is 0 Å². The maximum Gasteiger partial charge on any atom is 0.130 e. The molecule has 0 aromatic heterocycles. The van der Waals surface area contributed by atoms with Gasteiger partial charge in [0.15, 0.2) is 0 Å². The Kier molecular flexibility index (Phi) is 2.76. The van der Waals surface area contributed by atoms with Crippen molar-refractivity contribution in [2.45, 2.75) is 19.6 Å². The van der Waals surface area contributed by atoms with Crippen LogP contribution in [0.4, 0.5) is 0 Å². The zero-order valence-electron chi connectivity index (χ0n) is 7.45. The lowest BCUT2D eigenvalue weighted by atomic mass is 10.4. The highest BCUT2D eigenvalue weighted by Crippen LogP contribution is 2.11. The Morgan fingerprint density at radius 3 is 2.64 bits per heavy atom. The molecule has 0 aromatic carbocycles. The fourth-order valence-electron chi connectivity index (χ4n) is 1.27. The fraction of sp³-hybridized carbons (Fsp3) is 0.750.